The van der Waals surface area contributed by atoms with E-state index in [9.17, 15) is 5.26 Å². The molecule has 0 N–H and O–H groups in total. The Kier molecular flexibility index (Phi) is 10.5. The summed E-state index contributed by atoms with van der Waals surface area (Å²) in [4.78, 5) is 4.98. The van der Waals surface area contributed by atoms with Gasteiger partial charge in [0.15, 0.2) is 0 Å². The van der Waals surface area contributed by atoms with E-state index < -0.39 is 0 Å². The van der Waals surface area contributed by atoms with Crippen molar-refractivity contribution >= 4 is 131 Å². The summed E-state index contributed by atoms with van der Waals surface area (Å²) >= 11 is 0. The lowest BCUT2D eigenvalue weighted by Crippen LogP contribution is -2.03. The van der Waals surface area contributed by atoms with Gasteiger partial charge in [0.2, 0.25) is 0 Å². The smallest absolute Gasteiger partial charge is 0.0991 e. The van der Waals surface area contributed by atoms with Gasteiger partial charge in [-0.15, -0.1) is 0 Å². The maximum Gasteiger partial charge on any atom is 0.0991 e. The number of fused-ring (bicyclic) bond motifs is 18. The Bertz CT molecular complexity index is 6050. The molecule has 8 heteroatoms. The van der Waals surface area contributed by atoms with Crippen molar-refractivity contribution in [1.82, 2.24) is 32.4 Å². The molecule has 92 heavy (non-hydrogen) atoms. The predicted octanol–water partition coefficient (Wildman–Crippen LogP) is 21.2. The van der Waals surface area contributed by atoms with Gasteiger partial charge in [-0.2, -0.15) is 5.26 Å². The van der Waals surface area contributed by atoms with Crippen LogP contribution >= 0.6 is 0 Å². The van der Waals surface area contributed by atoms with Gasteiger partial charge in [0.1, 0.15) is 0 Å². The Morgan fingerprint density at radius 2 is 0.500 bits per heavy atom. The Morgan fingerprint density at radius 1 is 0.228 bits per heavy atom. The highest BCUT2D eigenvalue weighted by Gasteiger charge is 2.25. The van der Waals surface area contributed by atoms with Crippen LogP contribution in [0.1, 0.15) is 5.56 Å². The Hall–Kier alpha value is -12.7. The van der Waals surface area contributed by atoms with Crippen LogP contribution in [0, 0.1) is 11.3 Å². The Balaban J connectivity index is 0.847. The van der Waals surface area contributed by atoms with Gasteiger partial charge >= 0.3 is 0 Å². The molecule has 0 saturated carbocycles. The molecule has 0 spiro atoms. The highest BCUT2D eigenvalue weighted by atomic mass is 15.0. The number of nitriles is 1. The first-order chi connectivity index (χ1) is 45.6. The molecule has 20 rings (SSSR count). The van der Waals surface area contributed by atoms with E-state index in [0.29, 0.717) is 5.56 Å². The van der Waals surface area contributed by atoms with Crippen LogP contribution in [-0.4, -0.2) is 32.4 Å². The number of hydrogen-bond acceptors (Lipinski definition) is 2. The van der Waals surface area contributed by atoms with Gasteiger partial charge in [-0.1, -0.05) is 146 Å². The van der Waals surface area contributed by atoms with Crippen molar-refractivity contribution in [3.8, 4) is 51.3 Å². The van der Waals surface area contributed by atoms with Gasteiger partial charge in [-0.3, -0.25) is 4.98 Å². The van der Waals surface area contributed by atoms with Crippen LogP contribution in [0.15, 0.2) is 304 Å². The fourth-order valence-electron chi connectivity index (χ4n) is 15.7. The molecule has 0 unspecified atom stereocenters. The molecule has 0 aliphatic heterocycles. The summed E-state index contributed by atoms with van der Waals surface area (Å²) in [6.45, 7) is 0. The fourth-order valence-corrected chi connectivity index (χ4v) is 15.7. The van der Waals surface area contributed by atoms with Gasteiger partial charge in [0.05, 0.1) is 95.4 Å². The first-order valence-corrected chi connectivity index (χ1v) is 31.2. The van der Waals surface area contributed by atoms with Crippen LogP contribution in [0.3, 0.4) is 0 Å². The van der Waals surface area contributed by atoms with Crippen molar-refractivity contribution in [1.29, 1.82) is 5.26 Å². The summed E-state index contributed by atoms with van der Waals surface area (Å²) in [6.07, 6.45) is 3.89. The fraction of sp³-hybridized carbons (Fsp3) is 0. The third-order valence-electron chi connectivity index (χ3n) is 19.5. The summed E-state index contributed by atoms with van der Waals surface area (Å²) in [5.74, 6) is 0. The molecule has 8 nitrogen and oxygen atoms in total. The number of aromatic nitrogens is 7. The molecular weight excluding hydrogens is 1120 g/mol. The van der Waals surface area contributed by atoms with Crippen LogP contribution in [0.25, 0.3) is 176 Å². The van der Waals surface area contributed by atoms with Crippen molar-refractivity contribution < 1.29 is 0 Å². The van der Waals surface area contributed by atoms with Gasteiger partial charge < -0.3 is 27.4 Å². The van der Waals surface area contributed by atoms with Crippen molar-refractivity contribution in [3.63, 3.8) is 0 Å². The quantitative estimate of drug-likeness (QED) is 0.160. The lowest BCUT2D eigenvalue weighted by atomic mass is 10.00. The Labute approximate surface area is 526 Å². The number of benzene rings is 13. The molecule has 0 aliphatic rings. The van der Waals surface area contributed by atoms with Gasteiger partial charge in [0.25, 0.3) is 0 Å². The minimum absolute atomic E-state index is 0.559. The summed E-state index contributed by atoms with van der Waals surface area (Å²) in [5, 5.41) is 25.1. The molecule has 0 saturated heterocycles. The molecule has 0 fully saturated rings. The second kappa shape index (κ2) is 19.2. The normalized spacial score (nSPS) is 12.1. The number of nitrogens with zero attached hydrogens (tertiary/aromatic N) is 8. The van der Waals surface area contributed by atoms with Crippen molar-refractivity contribution in [2.24, 2.45) is 0 Å². The van der Waals surface area contributed by atoms with E-state index in [0.717, 1.165) is 133 Å². The van der Waals surface area contributed by atoms with Gasteiger partial charge in [0, 0.05) is 105 Å². The Morgan fingerprint density at radius 3 is 0.793 bits per heavy atom. The van der Waals surface area contributed by atoms with E-state index in [-0.39, 0.29) is 0 Å². The zero-order valence-electron chi connectivity index (χ0n) is 49.4. The first-order valence-electron chi connectivity index (χ1n) is 31.2. The second-order valence-corrected chi connectivity index (χ2v) is 24.2. The number of rotatable bonds is 7. The third kappa shape index (κ3) is 7.01. The van der Waals surface area contributed by atoms with E-state index >= 15 is 0 Å². The highest BCUT2D eigenvalue weighted by Crippen LogP contribution is 2.46. The minimum Gasteiger partial charge on any atom is -0.309 e. The second-order valence-electron chi connectivity index (χ2n) is 24.2. The SMILES string of the molecule is N#Cc1ccc(-n2c3ccc(-n4c5ccccc5c5ccccc54)cc3c3cc(-n4c5ccccc5c5ccccc54)ccc32)c(-c2ccncc2-n2c3ccc(-n4c5ccccc5c5ccccc54)cc3c3cc(-n4c5ccccc5c5ccccc54)ccc32)c1. The van der Waals surface area contributed by atoms with Crippen molar-refractivity contribution in [2.45, 2.75) is 0 Å². The van der Waals surface area contributed by atoms with Crippen LogP contribution in [0.5, 0.6) is 0 Å². The molecule has 0 radical (unpaired) electrons. The van der Waals surface area contributed by atoms with E-state index in [1.807, 2.05) is 18.5 Å². The van der Waals surface area contributed by atoms with E-state index in [1.54, 1.807) is 0 Å². The first kappa shape index (κ1) is 50.3. The lowest BCUT2D eigenvalue weighted by Gasteiger charge is -2.19. The summed E-state index contributed by atoms with van der Waals surface area (Å²) in [7, 11) is 0. The average molecular weight is 1170 g/mol. The van der Waals surface area contributed by atoms with Crippen molar-refractivity contribution in [2.75, 3.05) is 0 Å². The van der Waals surface area contributed by atoms with E-state index in [1.165, 1.54) is 43.1 Å². The van der Waals surface area contributed by atoms with Gasteiger partial charge in [-0.05, 0) is 146 Å². The van der Waals surface area contributed by atoms with Crippen molar-refractivity contribution in [3.05, 3.63) is 309 Å². The molecule has 0 bridgehead atoms. The van der Waals surface area contributed by atoms with Crippen LogP contribution < -0.4 is 0 Å². The van der Waals surface area contributed by atoms with Gasteiger partial charge in [-0.25, -0.2) is 0 Å². The van der Waals surface area contributed by atoms with Crippen LogP contribution in [0.2, 0.25) is 0 Å². The minimum atomic E-state index is 0.559. The largest absolute Gasteiger partial charge is 0.309 e. The van der Waals surface area contributed by atoms with E-state index in [4.69, 9.17) is 4.98 Å². The molecule has 0 amide bonds. The molecule has 0 aliphatic carbocycles. The summed E-state index contributed by atoms with van der Waals surface area (Å²) in [6, 6.07) is 108. The molecule has 426 valence electrons. The molecule has 7 heterocycles. The number of hydrogen-bond donors (Lipinski definition) is 0. The monoisotopic (exact) mass is 1170 g/mol. The number of para-hydroxylation sites is 8. The maximum atomic E-state index is 10.9. The van der Waals surface area contributed by atoms with Crippen LogP contribution in [-0.2, 0) is 0 Å². The zero-order valence-corrected chi connectivity index (χ0v) is 49.4. The standard InChI is InChI=1S/C84H50N8/c85-50-52-33-38-79(91-80-39-34-53(87-71-25-9-1-17-57(71)58-18-2-10-26-72(58)87)46-67(80)68-47-54(35-40-81(68)91)88-73-27-11-3-19-59(73)60-20-4-12-28-74(60)88)66(45-52)65-43-44-86-51-84(65)92-82-41-36-55(89-75-29-13-5-21-61(75)62-22-6-14-30-76(62)89)48-69(82)70-49-56(37-42-83(70)92)90-77-31-15-7-23-63(77)64-24-8-16-32-78(64)90/h1-49,51H. The topological polar surface area (TPSA) is 66.3 Å². The molecule has 13 aromatic carbocycles. The lowest BCUT2D eigenvalue weighted by molar-refractivity contribution is 1.13. The predicted molar refractivity (Wildman–Crippen MR) is 380 cm³/mol. The maximum absolute atomic E-state index is 10.9. The molecule has 7 aromatic heterocycles. The summed E-state index contributed by atoms with van der Waals surface area (Å²) < 4.78 is 14.4. The molecule has 0 atom stereocenters. The average Bonchev–Trinajstić information content (AvgIpc) is 1.58. The van der Waals surface area contributed by atoms with Crippen LogP contribution in [0.4, 0.5) is 0 Å². The third-order valence-corrected chi connectivity index (χ3v) is 19.5. The number of pyridine rings is 1. The molecular formula is C84H50N8. The molecule has 20 aromatic rings. The van der Waals surface area contributed by atoms with E-state index in [2.05, 4.69) is 319 Å². The zero-order chi connectivity index (χ0) is 60.3. The summed E-state index contributed by atoms with van der Waals surface area (Å²) in [5.41, 5.74) is 21.9. The highest BCUT2D eigenvalue weighted by molar-refractivity contribution is 6.17.